The molecule has 5 heteroatoms. The van der Waals surface area contributed by atoms with Crippen molar-refractivity contribution in [1.82, 2.24) is 9.88 Å². The Hall–Kier alpha value is -2.30. The Labute approximate surface area is 97.7 Å². The monoisotopic (exact) mass is 232 g/mol. The Kier molecular flexibility index (Phi) is 2.59. The summed E-state index contributed by atoms with van der Waals surface area (Å²) < 4.78 is 0. The van der Waals surface area contributed by atoms with Crippen LogP contribution in [0.25, 0.3) is 10.9 Å². The highest BCUT2D eigenvalue weighted by Crippen LogP contribution is 2.23. The van der Waals surface area contributed by atoms with Crippen LogP contribution in [-0.4, -0.2) is 41.0 Å². The van der Waals surface area contributed by atoms with Crippen LogP contribution in [0.5, 0.6) is 0 Å². The molecule has 2 N–H and O–H groups in total. The molecule has 5 nitrogen and oxygen atoms in total. The number of carboxylic acid groups (broad SMARTS) is 1. The van der Waals surface area contributed by atoms with E-state index in [9.17, 15) is 9.59 Å². The third-order valence-electron chi connectivity index (χ3n) is 2.54. The summed E-state index contributed by atoms with van der Waals surface area (Å²) >= 11 is 0. The van der Waals surface area contributed by atoms with Crippen molar-refractivity contribution in [2.24, 2.45) is 0 Å². The number of carbonyl (C=O) groups excluding carboxylic acids is 1. The fraction of sp³-hybridized carbons (Fsp3) is 0.167. The number of nitrogens with zero attached hydrogens (tertiary/aromatic N) is 1. The lowest BCUT2D eigenvalue weighted by Gasteiger charge is -2.09. The number of carbonyl (C=O) groups is 2. The lowest BCUT2D eigenvalue weighted by molar-refractivity contribution is 0.0680. The predicted molar refractivity (Wildman–Crippen MR) is 63.3 cm³/mol. The molecule has 0 fully saturated rings. The van der Waals surface area contributed by atoms with Gasteiger partial charge in [0.05, 0.1) is 5.56 Å². The number of carboxylic acids is 1. The minimum Gasteiger partial charge on any atom is -0.477 e. The Morgan fingerprint density at radius 3 is 2.47 bits per heavy atom. The van der Waals surface area contributed by atoms with Crippen LogP contribution in [0, 0.1) is 0 Å². The molecule has 2 rings (SSSR count). The van der Waals surface area contributed by atoms with E-state index in [4.69, 9.17) is 5.11 Å². The molecule has 88 valence electrons. The Morgan fingerprint density at radius 1 is 1.24 bits per heavy atom. The third kappa shape index (κ3) is 1.75. The van der Waals surface area contributed by atoms with E-state index < -0.39 is 5.97 Å². The maximum Gasteiger partial charge on any atom is 0.353 e. The second-order valence-corrected chi connectivity index (χ2v) is 3.93. The summed E-state index contributed by atoms with van der Waals surface area (Å²) in [7, 11) is 3.19. The number of aromatic amines is 1. The first-order valence-electron chi connectivity index (χ1n) is 5.08. The predicted octanol–water partition coefficient (Wildman–Crippen LogP) is 1.57. The number of hydrogen-bond donors (Lipinski definition) is 2. The molecule has 1 aromatic heterocycles. The third-order valence-corrected chi connectivity index (χ3v) is 2.54. The summed E-state index contributed by atoms with van der Waals surface area (Å²) in [4.78, 5) is 27.2. The van der Waals surface area contributed by atoms with Gasteiger partial charge in [-0.2, -0.15) is 0 Å². The summed E-state index contributed by atoms with van der Waals surface area (Å²) in [5.41, 5.74) is 0.790. The number of aromatic nitrogens is 1. The van der Waals surface area contributed by atoms with Gasteiger partial charge in [0.15, 0.2) is 0 Å². The SMILES string of the molecule is CN(C)C(=O)c1c(C(=O)O)[nH]c2ccccc12. The maximum absolute atomic E-state index is 12.0. The number of rotatable bonds is 2. The van der Waals surface area contributed by atoms with Gasteiger partial charge in [-0.05, 0) is 6.07 Å². The van der Waals surface area contributed by atoms with Gasteiger partial charge >= 0.3 is 5.97 Å². The van der Waals surface area contributed by atoms with E-state index in [1.807, 2.05) is 0 Å². The zero-order valence-corrected chi connectivity index (χ0v) is 9.52. The van der Waals surface area contributed by atoms with Crippen molar-refractivity contribution >= 4 is 22.8 Å². The molecule has 0 aliphatic heterocycles. The minimum absolute atomic E-state index is 0.0649. The van der Waals surface area contributed by atoms with Gasteiger partial charge in [-0.3, -0.25) is 4.79 Å². The molecule has 0 aliphatic carbocycles. The van der Waals surface area contributed by atoms with Gasteiger partial charge < -0.3 is 15.0 Å². The molecule has 17 heavy (non-hydrogen) atoms. The van der Waals surface area contributed by atoms with Crippen LogP contribution in [0.2, 0.25) is 0 Å². The summed E-state index contributed by atoms with van der Waals surface area (Å²) in [5.74, 6) is -1.45. The molecule has 0 atom stereocenters. The molecule has 1 heterocycles. The standard InChI is InChI=1S/C12H12N2O3/c1-14(2)11(15)9-7-5-3-4-6-8(7)13-10(9)12(16)17/h3-6,13H,1-2H3,(H,16,17). The van der Waals surface area contributed by atoms with E-state index in [-0.39, 0.29) is 17.2 Å². The molecule has 0 bridgehead atoms. The number of H-pyrrole nitrogens is 1. The molecule has 2 aromatic rings. The van der Waals surface area contributed by atoms with Crippen molar-refractivity contribution in [2.45, 2.75) is 0 Å². The topological polar surface area (TPSA) is 73.4 Å². The van der Waals surface area contributed by atoms with Crippen molar-refractivity contribution in [3.8, 4) is 0 Å². The van der Waals surface area contributed by atoms with Gasteiger partial charge in [-0.15, -0.1) is 0 Å². The minimum atomic E-state index is -1.13. The molecule has 0 spiro atoms. The molecule has 0 saturated heterocycles. The summed E-state index contributed by atoms with van der Waals surface area (Å²) in [5, 5.41) is 9.72. The van der Waals surface area contributed by atoms with Crippen LogP contribution in [0.1, 0.15) is 20.8 Å². The number of fused-ring (bicyclic) bond motifs is 1. The van der Waals surface area contributed by atoms with Crippen molar-refractivity contribution in [3.63, 3.8) is 0 Å². The quantitative estimate of drug-likeness (QED) is 0.825. The lowest BCUT2D eigenvalue weighted by atomic mass is 10.1. The molecular formula is C12H12N2O3. The fourth-order valence-electron chi connectivity index (χ4n) is 1.75. The second-order valence-electron chi connectivity index (χ2n) is 3.93. The maximum atomic E-state index is 12.0. The first-order valence-corrected chi connectivity index (χ1v) is 5.08. The van der Waals surface area contributed by atoms with Gasteiger partial charge in [-0.25, -0.2) is 4.79 Å². The number of benzene rings is 1. The number of amides is 1. The first-order chi connectivity index (χ1) is 8.02. The van der Waals surface area contributed by atoms with Crippen LogP contribution in [-0.2, 0) is 0 Å². The van der Waals surface area contributed by atoms with E-state index in [1.165, 1.54) is 4.90 Å². The van der Waals surface area contributed by atoms with Gasteiger partial charge in [0.2, 0.25) is 0 Å². The highest BCUT2D eigenvalue weighted by Gasteiger charge is 2.23. The van der Waals surface area contributed by atoms with Crippen LogP contribution in [0.15, 0.2) is 24.3 Å². The van der Waals surface area contributed by atoms with Gasteiger partial charge in [0.1, 0.15) is 5.69 Å². The summed E-state index contributed by atoms with van der Waals surface area (Å²) in [6.07, 6.45) is 0. The molecule has 1 amide bonds. The van der Waals surface area contributed by atoms with Crippen molar-refractivity contribution in [3.05, 3.63) is 35.5 Å². The van der Waals surface area contributed by atoms with E-state index in [0.717, 1.165) is 0 Å². The summed E-state index contributed by atoms with van der Waals surface area (Å²) in [6, 6.07) is 7.03. The smallest absolute Gasteiger partial charge is 0.353 e. The lowest BCUT2D eigenvalue weighted by Crippen LogP contribution is -2.23. The van der Waals surface area contributed by atoms with E-state index in [1.54, 1.807) is 38.4 Å². The van der Waals surface area contributed by atoms with Crippen LogP contribution >= 0.6 is 0 Å². The first kappa shape index (κ1) is 11.2. The van der Waals surface area contributed by atoms with Gasteiger partial charge in [0.25, 0.3) is 5.91 Å². The zero-order valence-electron chi connectivity index (χ0n) is 9.52. The molecular weight excluding hydrogens is 220 g/mol. The molecule has 0 unspecified atom stereocenters. The summed E-state index contributed by atoms with van der Waals surface area (Å²) in [6.45, 7) is 0. The van der Waals surface area contributed by atoms with Crippen molar-refractivity contribution < 1.29 is 14.7 Å². The highest BCUT2D eigenvalue weighted by molar-refractivity contribution is 6.13. The Bertz CT molecular complexity index is 599. The van der Waals surface area contributed by atoms with Crippen LogP contribution < -0.4 is 0 Å². The number of para-hydroxylation sites is 1. The molecule has 0 aliphatic rings. The fourth-order valence-corrected chi connectivity index (χ4v) is 1.75. The van der Waals surface area contributed by atoms with E-state index in [2.05, 4.69) is 4.98 Å². The highest BCUT2D eigenvalue weighted by atomic mass is 16.4. The Balaban J connectivity index is 2.77. The number of hydrogen-bond acceptors (Lipinski definition) is 2. The van der Waals surface area contributed by atoms with Crippen LogP contribution in [0.3, 0.4) is 0 Å². The molecule has 0 radical (unpaired) electrons. The van der Waals surface area contributed by atoms with Gasteiger partial charge in [-0.1, -0.05) is 18.2 Å². The van der Waals surface area contributed by atoms with E-state index >= 15 is 0 Å². The van der Waals surface area contributed by atoms with Crippen LogP contribution in [0.4, 0.5) is 0 Å². The average Bonchev–Trinajstić information content (AvgIpc) is 2.67. The van der Waals surface area contributed by atoms with E-state index in [0.29, 0.717) is 10.9 Å². The number of nitrogens with one attached hydrogen (secondary N) is 1. The van der Waals surface area contributed by atoms with Crippen molar-refractivity contribution in [2.75, 3.05) is 14.1 Å². The molecule has 1 aromatic carbocycles. The normalized spacial score (nSPS) is 10.5. The van der Waals surface area contributed by atoms with Crippen molar-refractivity contribution in [1.29, 1.82) is 0 Å². The average molecular weight is 232 g/mol. The number of aromatic carboxylic acids is 1. The second kappa shape index (κ2) is 3.93. The Morgan fingerprint density at radius 2 is 1.88 bits per heavy atom. The zero-order chi connectivity index (χ0) is 12.6. The molecule has 0 saturated carbocycles. The largest absolute Gasteiger partial charge is 0.477 e. The van der Waals surface area contributed by atoms with Gasteiger partial charge in [0, 0.05) is 25.0 Å².